The average molecular weight is 719 g/mol. The number of benzene rings is 8. The van der Waals surface area contributed by atoms with Crippen LogP contribution in [0.5, 0.6) is 0 Å². The summed E-state index contributed by atoms with van der Waals surface area (Å²) in [4.78, 5) is 10.2. The lowest BCUT2D eigenvalue weighted by atomic mass is 10.0. The standard InChI is InChI=1S/C50H30N4S/c1-3-15-31(16-4-1)46-35-19-7-11-23-39(35)51-50(52-46)32-27-29-34(30-28-32)54-41-25-13-9-21-37(41)45-47-43(44-38-22-10-14-26-42(38)55-49(44)48(45)54)36-20-8-12-24-40(36)53(47)33-17-5-2-6-18-33/h1-30H. The Balaban J connectivity index is 1.18. The topological polar surface area (TPSA) is 35.6 Å². The van der Waals surface area contributed by atoms with Gasteiger partial charge in [0.1, 0.15) is 0 Å². The van der Waals surface area contributed by atoms with Crippen molar-refractivity contribution in [2.75, 3.05) is 0 Å². The second kappa shape index (κ2) is 11.7. The van der Waals surface area contributed by atoms with E-state index in [0.717, 1.165) is 39.1 Å². The summed E-state index contributed by atoms with van der Waals surface area (Å²) >= 11 is 1.89. The molecule has 8 aromatic carbocycles. The number of fused-ring (bicyclic) bond motifs is 13. The number of hydrogen-bond donors (Lipinski definition) is 0. The third-order valence-corrected chi connectivity index (χ3v) is 12.3. The van der Waals surface area contributed by atoms with Gasteiger partial charge < -0.3 is 9.13 Å². The molecule has 0 atom stereocenters. The molecule has 0 aliphatic heterocycles. The zero-order valence-electron chi connectivity index (χ0n) is 29.5. The lowest BCUT2D eigenvalue weighted by Gasteiger charge is -2.12. The van der Waals surface area contributed by atoms with E-state index in [9.17, 15) is 0 Å². The number of nitrogens with zero attached hydrogens (tertiary/aromatic N) is 4. The molecule has 0 saturated carbocycles. The van der Waals surface area contributed by atoms with Crippen LogP contribution >= 0.6 is 11.3 Å². The summed E-state index contributed by atoms with van der Waals surface area (Å²) in [6, 6.07) is 65.0. The van der Waals surface area contributed by atoms with Gasteiger partial charge in [0.05, 0.1) is 38.0 Å². The van der Waals surface area contributed by atoms with Crippen molar-refractivity contribution in [2.45, 2.75) is 0 Å². The molecule has 0 spiro atoms. The number of para-hydroxylation sites is 4. The van der Waals surface area contributed by atoms with E-state index in [1.54, 1.807) is 0 Å². The van der Waals surface area contributed by atoms with E-state index in [4.69, 9.17) is 9.97 Å². The first kappa shape index (κ1) is 30.4. The van der Waals surface area contributed by atoms with E-state index in [-0.39, 0.29) is 0 Å². The molecule has 0 N–H and O–H groups in total. The number of aromatic nitrogens is 4. The first-order chi connectivity index (χ1) is 27.3. The van der Waals surface area contributed by atoms with Gasteiger partial charge in [-0.3, -0.25) is 0 Å². The molecule has 0 bridgehead atoms. The second-order valence-corrected chi connectivity index (χ2v) is 15.2. The molecule has 0 fully saturated rings. The first-order valence-corrected chi connectivity index (χ1v) is 19.4. The van der Waals surface area contributed by atoms with E-state index in [1.807, 2.05) is 23.5 Å². The summed E-state index contributed by atoms with van der Waals surface area (Å²) in [6.45, 7) is 0. The molecule has 4 nitrogen and oxygen atoms in total. The normalized spacial score (nSPS) is 12.0. The van der Waals surface area contributed by atoms with Crippen molar-refractivity contribution in [3.63, 3.8) is 0 Å². The molecule has 0 radical (unpaired) electrons. The van der Waals surface area contributed by atoms with Crippen molar-refractivity contribution in [1.29, 1.82) is 0 Å². The van der Waals surface area contributed by atoms with E-state index >= 15 is 0 Å². The van der Waals surface area contributed by atoms with Crippen LogP contribution in [-0.4, -0.2) is 19.1 Å². The minimum absolute atomic E-state index is 0.715. The Hall–Kier alpha value is -7.08. The maximum Gasteiger partial charge on any atom is 0.160 e. The Labute approximate surface area is 319 Å². The van der Waals surface area contributed by atoms with Crippen LogP contribution in [0.1, 0.15) is 0 Å². The zero-order chi connectivity index (χ0) is 36.0. The molecule has 0 aliphatic carbocycles. The molecule has 12 rings (SSSR count). The molecule has 256 valence electrons. The Morgan fingerprint density at radius 3 is 1.69 bits per heavy atom. The minimum atomic E-state index is 0.715. The number of hydrogen-bond acceptors (Lipinski definition) is 3. The van der Waals surface area contributed by atoms with Gasteiger partial charge >= 0.3 is 0 Å². The summed E-state index contributed by atoms with van der Waals surface area (Å²) in [6.07, 6.45) is 0. The molecule has 4 aromatic heterocycles. The molecule has 12 aromatic rings. The fourth-order valence-electron chi connectivity index (χ4n) is 8.78. The molecule has 5 heteroatoms. The van der Waals surface area contributed by atoms with Crippen LogP contribution in [0.15, 0.2) is 182 Å². The Morgan fingerprint density at radius 1 is 0.382 bits per heavy atom. The highest BCUT2D eigenvalue weighted by Gasteiger charge is 2.26. The molecule has 0 aliphatic rings. The predicted molar refractivity (Wildman–Crippen MR) is 232 cm³/mol. The first-order valence-electron chi connectivity index (χ1n) is 18.6. The largest absolute Gasteiger partial charge is 0.309 e. The highest BCUT2D eigenvalue weighted by Crippen LogP contribution is 2.51. The maximum absolute atomic E-state index is 5.17. The zero-order valence-corrected chi connectivity index (χ0v) is 30.3. The van der Waals surface area contributed by atoms with Gasteiger partial charge in [0.25, 0.3) is 0 Å². The fraction of sp³-hybridized carbons (Fsp3) is 0. The smallest absolute Gasteiger partial charge is 0.160 e. The third-order valence-electron chi connectivity index (χ3n) is 11.1. The summed E-state index contributed by atoms with van der Waals surface area (Å²) in [5, 5.41) is 8.72. The molecule has 0 saturated heterocycles. The van der Waals surface area contributed by atoms with Crippen LogP contribution in [-0.2, 0) is 0 Å². The predicted octanol–water partition coefficient (Wildman–Crippen LogP) is 13.5. The van der Waals surface area contributed by atoms with Crippen LogP contribution in [0.3, 0.4) is 0 Å². The summed E-state index contributed by atoms with van der Waals surface area (Å²) < 4.78 is 7.55. The van der Waals surface area contributed by atoms with Crippen molar-refractivity contribution in [3.05, 3.63) is 182 Å². The molecular formula is C50H30N4S. The molecule has 0 unspecified atom stereocenters. The van der Waals surface area contributed by atoms with Gasteiger partial charge in [-0.15, -0.1) is 11.3 Å². The van der Waals surface area contributed by atoms with Crippen molar-refractivity contribution in [3.8, 4) is 34.0 Å². The van der Waals surface area contributed by atoms with E-state index < -0.39 is 0 Å². The van der Waals surface area contributed by atoms with E-state index in [1.165, 1.54) is 63.8 Å². The fourth-order valence-corrected chi connectivity index (χ4v) is 10.0. The van der Waals surface area contributed by atoms with Gasteiger partial charge in [-0.1, -0.05) is 121 Å². The van der Waals surface area contributed by atoms with Crippen LogP contribution in [0, 0.1) is 0 Å². The van der Waals surface area contributed by atoms with Crippen molar-refractivity contribution < 1.29 is 0 Å². The Kier molecular flexibility index (Phi) is 6.47. The maximum atomic E-state index is 5.17. The van der Waals surface area contributed by atoms with Gasteiger partial charge in [0, 0.05) is 64.9 Å². The second-order valence-electron chi connectivity index (χ2n) is 14.1. The monoisotopic (exact) mass is 718 g/mol. The van der Waals surface area contributed by atoms with Crippen molar-refractivity contribution in [1.82, 2.24) is 19.1 Å². The SMILES string of the molecule is c1ccc(-c2nc(-c3ccc(-n4c5ccccc5c5c4c4sc6ccccc6c4c4c6ccccc6n(-c6ccccc6)c45)cc3)nc3ccccc23)cc1. The van der Waals surface area contributed by atoms with Crippen LogP contribution in [0.4, 0.5) is 0 Å². The average Bonchev–Trinajstić information content (AvgIpc) is 3.92. The van der Waals surface area contributed by atoms with Crippen LogP contribution < -0.4 is 0 Å². The Morgan fingerprint density at radius 2 is 0.945 bits per heavy atom. The summed E-state index contributed by atoms with van der Waals surface area (Å²) in [7, 11) is 0. The molecule has 55 heavy (non-hydrogen) atoms. The highest BCUT2D eigenvalue weighted by atomic mass is 32.1. The molecule has 0 amide bonds. The number of rotatable bonds is 4. The van der Waals surface area contributed by atoms with Gasteiger partial charge in [0.2, 0.25) is 0 Å². The van der Waals surface area contributed by atoms with Gasteiger partial charge in [-0.25, -0.2) is 9.97 Å². The highest BCUT2D eigenvalue weighted by molar-refractivity contribution is 7.27. The van der Waals surface area contributed by atoms with E-state index in [0.29, 0.717) is 5.82 Å². The van der Waals surface area contributed by atoms with Gasteiger partial charge in [0.15, 0.2) is 5.82 Å². The van der Waals surface area contributed by atoms with Gasteiger partial charge in [-0.05, 0) is 60.7 Å². The minimum Gasteiger partial charge on any atom is -0.309 e. The van der Waals surface area contributed by atoms with E-state index in [2.05, 4.69) is 179 Å². The molecular weight excluding hydrogens is 689 g/mol. The lowest BCUT2D eigenvalue weighted by molar-refractivity contribution is 1.18. The van der Waals surface area contributed by atoms with Crippen LogP contribution in [0.2, 0.25) is 0 Å². The summed E-state index contributed by atoms with van der Waals surface area (Å²) in [5.41, 5.74) is 11.0. The number of thiophene rings is 1. The quantitative estimate of drug-likeness (QED) is 0.182. The lowest BCUT2D eigenvalue weighted by Crippen LogP contribution is -1.97. The Bertz CT molecular complexity index is 3470. The third kappa shape index (κ3) is 4.39. The summed E-state index contributed by atoms with van der Waals surface area (Å²) in [5.74, 6) is 0.715. The van der Waals surface area contributed by atoms with Crippen LogP contribution in [0.25, 0.3) is 109 Å². The molecule has 4 heterocycles. The van der Waals surface area contributed by atoms with Gasteiger partial charge in [-0.2, -0.15) is 0 Å². The van der Waals surface area contributed by atoms with Crippen molar-refractivity contribution >= 4 is 86.0 Å². The van der Waals surface area contributed by atoms with Crippen molar-refractivity contribution in [2.24, 2.45) is 0 Å².